The van der Waals surface area contributed by atoms with E-state index in [9.17, 15) is 22.8 Å². The lowest BCUT2D eigenvalue weighted by molar-refractivity contribution is -0.183. The summed E-state index contributed by atoms with van der Waals surface area (Å²) in [5, 5.41) is -1.37. The summed E-state index contributed by atoms with van der Waals surface area (Å²) in [6.07, 6.45) is -0.449. The number of hydrogen-bond donors (Lipinski definition) is 1. The molecule has 0 aliphatic rings. The van der Waals surface area contributed by atoms with Crippen molar-refractivity contribution in [2.24, 2.45) is 5.41 Å². The monoisotopic (exact) mass is 392 g/mol. The van der Waals surface area contributed by atoms with E-state index < -0.39 is 57.5 Å². The van der Waals surface area contributed by atoms with Crippen molar-refractivity contribution in [3.8, 4) is 0 Å². The molecule has 0 aliphatic heterocycles. The second kappa shape index (κ2) is 9.48. The first-order chi connectivity index (χ1) is 11.8. The minimum absolute atomic E-state index is 0.641. The maximum atomic E-state index is 12.6. The fraction of sp³-hybridized carbons (Fsp3) is 0.562. The van der Waals surface area contributed by atoms with Crippen molar-refractivity contribution in [3.05, 3.63) is 25.3 Å². The fourth-order valence-corrected chi connectivity index (χ4v) is 2.03. The molecule has 3 atom stereocenters. The zero-order valence-corrected chi connectivity index (χ0v) is 15.9. The number of carbonyl (C=O) groups is 3. The molecule has 0 aromatic heterocycles. The summed E-state index contributed by atoms with van der Waals surface area (Å²) in [5.41, 5.74) is -1.67. The van der Waals surface area contributed by atoms with Gasteiger partial charge in [0, 0.05) is 12.2 Å². The van der Waals surface area contributed by atoms with Crippen molar-refractivity contribution >= 4 is 28.0 Å². The highest BCUT2D eigenvalue weighted by Gasteiger charge is 2.49. The van der Waals surface area contributed by atoms with Gasteiger partial charge in [0.2, 0.25) is 0 Å². The standard InChI is InChI=1S/C16H24O9S/c1-7-13(17)24-11(4)16(6,12(5)25-14(18)8-2)15(19)23-9-10(3)26(20,21)22/h7-8,10-12H,1-2,9H2,3-6H3,(H,20,21,22). The summed E-state index contributed by atoms with van der Waals surface area (Å²) >= 11 is 0. The van der Waals surface area contributed by atoms with E-state index in [2.05, 4.69) is 13.2 Å². The molecule has 0 amide bonds. The average Bonchev–Trinajstić information content (AvgIpc) is 2.56. The molecule has 0 saturated carbocycles. The first-order valence-electron chi connectivity index (χ1n) is 7.60. The van der Waals surface area contributed by atoms with Gasteiger partial charge in [0.05, 0.1) is 0 Å². The largest absolute Gasteiger partial charge is 0.464 e. The van der Waals surface area contributed by atoms with Gasteiger partial charge in [-0.15, -0.1) is 0 Å². The van der Waals surface area contributed by atoms with Crippen molar-refractivity contribution in [2.45, 2.75) is 45.2 Å². The Bertz CT molecular complexity index is 637. The molecule has 148 valence electrons. The summed E-state index contributed by atoms with van der Waals surface area (Å²) in [7, 11) is -4.40. The highest BCUT2D eigenvalue weighted by atomic mass is 32.2. The molecule has 0 saturated heterocycles. The molecule has 1 N–H and O–H groups in total. The van der Waals surface area contributed by atoms with Crippen LogP contribution < -0.4 is 0 Å². The van der Waals surface area contributed by atoms with Crippen LogP contribution in [0.1, 0.15) is 27.7 Å². The van der Waals surface area contributed by atoms with Crippen molar-refractivity contribution in [1.29, 1.82) is 0 Å². The number of rotatable bonds is 10. The zero-order valence-electron chi connectivity index (χ0n) is 15.1. The molecule has 0 spiro atoms. The molecule has 0 heterocycles. The second-order valence-electron chi connectivity index (χ2n) is 5.77. The lowest BCUT2D eigenvalue weighted by Gasteiger charge is -2.36. The van der Waals surface area contributed by atoms with Crippen LogP contribution in [0.15, 0.2) is 25.3 Å². The van der Waals surface area contributed by atoms with Crippen molar-refractivity contribution in [3.63, 3.8) is 0 Å². The Labute approximate surface area is 152 Å². The quantitative estimate of drug-likeness (QED) is 0.250. The molecular weight excluding hydrogens is 368 g/mol. The van der Waals surface area contributed by atoms with Crippen LogP contribution in [0.2, 0.25) is 0 Å². The van der Waals surface area contributed by atoms with E-state index in [0.717, 1.165) is 19.1 Å². The summed E-state index contributed by atoms with van der Waals surface area (Å²) in [4.78, 5) is 35.5. The molecule has 0 bridgehead atoms. The molecular formula is C16H24O9S. The van der Waals surface area contributed by atoms with E-state index in [1.807, 2.05) is 0 Å². The minimum atomic E-state index is -4.40. The average molecular weight is 392 g/mol. The van der Waals surface area contributed by atoms with Gasteiger partial charge >= 0.3 is 17.9 Å². The first kappa shape index (κ1) is 23.8. The third kappa shape index (κ3) is 6.26. The van der Waals surface area contributed by atoms with Gasteiger partial charge in [0.15, 0.2) is 0 Å². The minimum Gasteiger partial charge on any atom is -0.464 e. The molecule has 10 heteroatoms. The number of hydrogen-bond acceptors (Lipinski definition) is 8. The topological polar surface area (TPSA) is 133 Å². The van der Waals surface area contributed by atoms with Crippen LogP contribution in [0, 0.1) is 5.41 Å². The summed E-state index contributed by atoms with van der Waals surface area (Å²) < 4.78 is 46.1. The first-order valence-corrected chi connectivity index (χ1v) is 9.10. The molecule has 9 nitrogen and oxygen atoms in total. The van der Waals surface area contributed by atoms with Crippen molar-refractivity contribution < 1.29 is 41.6 Å². The van der Waals surface area contributed by atoms with Crippen LogP contribution in [0.3, 0.4) is 0 Å². The van der Waals surface area contributed by atoms with Gasteiger partial charge < -0.3 is 14.2 Å². The van der Waals surface area contributed by atoms with Gasteiger partial charge in [-0.25, -0.2) is 9.59 Å². The highest BCUT2D eigenvalue weighted by molar-refractivity contribution is 7.86. The SMILES string of the molecule is C=CC(=O)OC(C)C(C)(C(=O)OCC(C)S(=O)(=O)O)C(C)OC(=O)C=C. The number of carbonyl (C=O) groups excluding carboxylic acids is 3. The van der Waals surface area contributed by atoms with E-state index >= 15 is 0 Å². The molecule has 0 rings (SSSR count). The maximum Gasteiger partial charge on any atom is 0.330 e. The van der Waals surface area contributed by atoms with Gasteiger partial charge in [-0.2, -0.15) is 8.42 Å². The van der Waals surface area contributed by atoms with Gasteiger partial charge in [-0.1, -0.05) is 13.2 Å². The van der Waals surface area contributed by atoms with E-state index in [1.54, 1.807) is 0 Å². The molecule has 0 radical (unpaired) electrons. The zero-order chi connectivity index (χ0) is 20.7. The van der Waals surface area contributed by atoms with Gasteiger partial charge in [-0.05, 0) is 27.7 Å². The lowest BCUT2D eigenvalue weighted by atomic mass is 9.79. The summed E-state index contributed by atoms with van der Waals surface area (Å²) in [5.74, 6) is -2.61. The molecule has 3 unspecified atom stereocenters. The Kier molecular flexibility index (Phi) is 8.68. The van der Waals surface area contributed by atoms with Crippen LogP contribution in [-0.4, -0.2) is 54.9 Å². The molecule has 0 aromatic rings. The number of ether oxygens (including phenoxy) is 3. The Balaban J connectivity index is 5.57. The van der Waals surface area contributed by atoms with Crippen molar-refractivity contribution in [1.82, 2.24) is 0 Å². The van der Waals surface area contributed by atoms with Gasteiger partial charge in [0.1, 0.15) is 29.5 Å². The second-order valence-corrected chi connectivity index (χ2v) is 7.61. The Morgan fingerprint density at radius 1 is 1.04 bits per heavy atom. The predicted molar refractivity (Wildman–Crippen MR) is 91.6 cm³/mol. The van der Waals surface area contributed by atoms with Gasteiger partial charge in [0.25, 0.3) is 10.1 Å². The van der Waals surface area contributed by atoms with E-state index in [1.165, 1.54) is 20.8 Å². The van der Waals surface area contributed by atoms with E-state index in [0.29, 0.717) is 0 Å². The van der Waals surface area contributed by atoms with Crippen LogP contribution >= 0.6 is 0 Å². The fourth-order valence-electron chi connectivity index (χ4n) is 1.79. The normalized spacial score (nSPS) is 17.0. The molecule has 0 aliphatic carbocycles. The van der Waals surface area contributed by atoms with Gasteiger partial charge in [-0.3, -0.25) is 9.35 Å². The molecule has 0 fully saturated rings. The van der Waals surface area contributed by atoms with Crippen LogP contribution in [0.25, 0.3) is 0 Å². The third-order valence-electron chi connectivity index (χ3n) is 4.01. The van der Waals surface area contributed by atoms with Crippen LogP contribution in [0.5, 0.6) is 0 Å². The summed E-state index contributed by atoms with van der Waals surface area (Å²) in [6, 6.07) is 0. The highest BCUT2D eigenvalue weighted by Crippen LogP contribution is 2.33. The lowest BCUT2D eigenvalue weighted by Crippen LogP contribution is -2.51. The molecule has 26 heavy (non-hydrogen) atoms. The van der Waals surface area contributed by atoms with Crippen molar-refractivity contribution in [2.75, 3.05) is 6.61 Å². The predicted octanol–water partition coefficient (Wildman–Crippen LogP) is 1.05. The Morgan fingerprint density at radius 2 is 1.42 bits per heavy atom. The van der Waals surface area contributed by atoms with E-state index in [-0.39, 0.29) is 0 Å². The maximum absolute atomic E-state index is 12.6. The van der Waals surface area contributed by atoms with Crippen LogP contribution in [-0.2, 0) is 38.7 Å². The Hall–Kier alpha value is -2.20. The molecule has 0 aromatic carbocycles. The Morgan fingerprint density at radius 3 is 1.73 bits per heavy atom. The van der Waals surface area contributed by atoms with Crippen LogP contribution in [0.4, 0.5) is 0 Å². The number of esters is 3. The third-order valence-corrected chi connectivity index (χ3v) is 5.16. The summed E-state index contributed by atoms with van der Waals surface area (Å²) in [6.45, 7) is 11.1. The van der Waals surface area contributed by atoms with E-state index in [4.69, 9.17) is 18.8 Å². The smallest absolute Gasteiger partial charge is 0.330 e.